The van der Waals surface area contributed by atoms with Crippen molar-refractivity contribution < 1.29 is 9.90 Å². The number of carbonyl (C=O) groups is 1. The summed E-state index contributed by atoms with van der Waals surface area (Å²) in [6, 6.07) is 0. The number of nitrogens with two attached hydrogens (primary N) is 1. The summed E-state index contributed by atoms with van der Waals surface area (Å²) in [6.45, 7) is 2.12. The number of hydrogen-bond acceptors (Lipinski definition) is 2. The van der Waals surface area contributed by atoms with E-state index >= 15 is 0 Å². The molecule has 3 N–H and O–H groups in total. The predicted molar refractivity (Wildman–Crippen MR) is 51.4 cm³/mol. The van der Waals surface area contributed by atoms with E-state index in [1.807, 2.05) is 0 Å². The smallest absolute Gasteiger partial charge is 0.323 e. The van der Waals surface area contributed by atoms with E-state index in [1.165, 1.54) is 0 Å². The fourth-order valence-corrected chi connectivity index (χ4v) is 2.24. The Labute approximate surface area is 79.3 Å². The fraction of sp³-hybridized carbons (Fsp3) is 0.900. The Kier molecular flexibility index (Phi) is 3.31. The van der Waals surface area contributed by atoms with Gasteiger partial charge in [-0.3, -0.25) is 4.79 Å². The van der Waals surface area contributed by atoms with Crippen LogP contribution in [0, 0.1) is 5.92 Å². The summed E-state index contributed by atoms with van der Waals surface area (Å²) in [5, 5.41) is 9.02. The largest absolute Gasteiger partial charge is 0.480 e. The van der Waals surface area contributed by atoms with Gasteiger partial charge in [0.1, 0.15) is 5.54 Å². The van der Waals surface area contributed by atoms with Crippen molar-refractivity contribution in [3.8, 4) is 0 Å². The van der Waals surface area contributed by atoms with Gasteiger partial charge in [0.05, 0.1) is 0 Å². The highest BCUT2D eigenvalue weighted by atomic mass is 16.4. The van der Waals surface area contributed by atoms with Crippen molar-refractivity contribution in [3.05, 3.63) is 0 Å². The average Bonchev–Trinajstić information content (AvgIpc) is 2.45. The Morgan fingerprint density at radius 1 is 1.69 bits per heavy atom. The average molecular weight is 185 g/mol. The van der Waals surface area contributed by atoms with Gasteiger partial charge in [-0.05, 0) is 25.2 Å². The van der Waals surface area contributed by atoms with Crippen LogP contribution in [0.3, 0.4) is 0 Å². The minimum atomic E-state index is -0.921. The lowest BCUT2D eigenvalue weighted by atomic mass is 9.84. The summed E-state index contributed by atoms with van der Waals surface area (Å²) >= 11 is 0. The van der Waals surface area contributed by atoms with Gasteiger partial charge in [-0.25, -0.2) is 0 Å². The van der Waals surface area contributed by atoms with Crippen LogP contribution in [0.25, 0.3) is 0 Å². The number of aliphatic carboxylic acids is 1. The molecule has 0 aromatic heterocycles. The van der Waals surface area contributed by atoms with E-state index in [0.29, 0.717) is 6.42 Å². The highest BCUT2D eigenvalue weighted by Gasteiger charge is 2.45. The predicted octanol–water partition coefficient (Wildman–Crippen LogP) is 1.76. The van der Waals surface area contributed by atoms with E-state index in [2.05, 4.69) is 6.92 Å². The van der Waals surface area contributed by atoms with Crippen LogP contribution in [0.2, 0.25) is 0 Å². The van der Waals surface area contributed by atoms with Gasteiger partial charge in [0.2, 0.25) is 0 Å². The third kappa shape index (κ3) is 2.02. The van der Waals surface area contributed by atoms with Crippen LogP contribution in [0.5, 0.6) is 0 Å². The summed E-state index contributed by atoms with van der Waals surface area (Å²) in [6.07, 6.45) is 5.79. The van der Waals surface area contributed by atoms with Gasteiger partial charge in [0.25, 0.3) is 0 Å². The molecular weight excluding hydrogens is 166 g/mol. The number of rotatable bonds is 4. The molecule has 0 aliphatic heterocycles. The standard InChI is InChI=1S/C10H19NO2/c1-2-3-5-8-6-4-7-10(8,11)9(12)13/h8H,2-7,11H2,1H3,(H,12,13). The van der Waals surface area contributed by atoms with Crippen molar-refractivity contribution in [3.63, 3.8) is 0 Å². The molecule has 0 saturated heterocycles. The molecule has 3 heteroatoms. The number of unbranched alkanes of at least 4 members (excludes halogenated alkanes) is 1. The first-order valence-electron chi connectivity index (χ1n) is 5.13. The topological polar surface area (TPSA) is 63.3 Å². The normalized spacial score (nSPS) is 33.5. The molecule has 2 atom stereocenters. The van der Waals surface area contributed by atoms with E-state index in [-0.39, 0.29) is 5.92 Å². The van der Waals surface area contributed by atoms with E-state index < -0.39 is 11.5 Å². The Hall–Kier alpha value is -0.570. The number of carboxylic acids is 1. The van der Waals surface area contributed by atoms with Crippen molar-refractivity contribution in [1.29, 1.82) is 0 Å². The minimum absolute atomic E-state index is 0.199. The van der Waals surface area contributed by atoms with Crippen LogP contribution in [0.15, 0.2) is 0 Å². The summed E-state index contributed by atoms with van der Waals surface area (Å²) in [5.41, 5.74) is 4.97. The molecule has 1 aliphatic rings. The molecule has 0 radical (unpaired) electrons. The first kappa shape index (κ1) is 10.5. The fourth-order valence-electron chi connectivity index (χ4n) is 2.24. The number of hydrogen-bond donors (Lipinski definition) is 2. The summed E-state index contributed by atoms with van der Waals surface area (Å²) < 4.78 is 0. The second-order valence-electron chi connectivity index (χ2n) is 4.08. The Balaban J connectivity index is 2.57. The molecule has 0 aromatic carbocycles. The van der Waals surface area contributed by atoms with Gasteiger partial charge in [0.15, 0.2) is 0 Å². The van der Waals surface area contributed by atoms with Gasteiger partial charge in [-0.1, -0.05) is 26.2 Å². The lowest BCUT2D eigenvalue weighted by molar-refractivity contribution is -0.144. The molecule has 76 valence electrons. The van der Waals surface area contributed by atoms with Crippen molar-refractivity contribution in [2.75, 3.05) is 0 Å². The molecule has 13 heavy (non-hydrogen) atoms. The van der Waals surface area contributed by atoms with Crippen LogP contribution < -0.4 is 5.73 Å². The quantitative estimate of drug-likeness (QED) is 0.701. The molecule has 0 spiro atoms. The zero-order valence-corrected chi connectivity index (χ0v) is 8.25. The van der Waals surface area contributed by atoms with Crippen LogP contribution in [0.1, 0.15) is 45.4 Å². The highest BCUT2D eigenvalue weighted by Crippen LogP contribution is 2.37. The maximum Gasteiger partial charge on any atom is 0.323 e. The summed E-state index contributed by atoms with van der Waals surface area (Å²) in [4.78, 5) is 11.0. The van der Waals surface area contributed by atoms with Gasteiger partial charge in [0, 0.05) is 0 Å². The number of carboxylic acid groups (broad SMARTS) is 1. The van der Waals surface area contributed by atoms with Crippen molar-refractivity contribution >= 4 is 5.97 Å². The zero-order chi connectivity index (χ0) is 9.90. The van der Waals surface area contributed by atoms with E-state index in [9.17, 15) is 4.79 Å². The minimum Gasteiger partial charge on any atom is -0.480 e. The molecule has 1 fully saturated rings. The van der Waals surface area contributed by atoms with Gasteiger partial charge in [-0.15, -0.1) is 0 Å². The van der Waals surface area contributed by atoms with E-state index in [1.54, 1.807) is 0 Å². The third-order valence-electron chi connectivity index (χ3n) is 3.18. The molecular formula is C10H19NO2. The Morgan fingerprint density at radius 2 is 2.38 bits per heavy atom. The van der Waals surface area contributed by atoms with Gasteiger partial charge < -0.3 is 10.8 Å². The Bertz CT molecular complexity index is 193. The highest BCUT2D eigenvalue weighted by molar-refractivity contribution is 5.79. The lowest BCUT2D eigenvalue weighted by Crippen LogP contribution is -2.50. The molecule has 1 rings (SSSR count). The van der Waals surface area contributed by atoms with Gasteiger partial charge in [-0.2, -0.15) is 0 Å². The maximum atomic E-state index is 11.0. The van der Waals surface area contributed by atoms with E-state index in [0.717, 1.165) is 32.1 Å². The molecule has 1 saturated carbocycles. The monoisotopic (exact) mass is 185 g/mol. The van der Waals surface area contributed by atoms with Crippen LogP contribution >= 0.6 is 0 Å². The zero-order valence-electron chi connectivity index (χ0n) is 8.25. The lowest BCUT2D eigenvalue weighted by Gasteiger charge is -2.26. The first-order chi connectivity index (χ1) is 6.11. The third-order valence-corrected chi connectivity index (χ3v) is 3.18. The maximum absolute atomic E-state index is 11.0. The summed E-state index contributed by atoms with van der Waals surface area (Å²) in [5.74, 6) is -0.615. The summed E-state index contributed by atoms with van der Waals surface area (Å²) in [7, 11) is 0. The van der Waals surface area contributed by atoms with Crippen molar-refractivity contribution in [1.82, 2.24) is 0 Å². The molecule has 0 aromatic rings. The molecule has 0 heterocycles. The van der Waals surface area contributed by atoms with Crippen molar-refractivity contribution in [2.45, 2.75) is 51.0 Å². The van der Waals surface area contributed by atoms with Crippen LogP contribution in [0.4, 0.5) is 0 Å². The first-order valence-corrected chi connectivity index (χ1v) is 5.13. The second kappa shape index (κ2) is 4.09. The molecule has 2 unspecified atom stereocenters. The van der Waals surface area contributed by atoms with Crippen molar-refractivity contribution in [2.24, 2.45) is 11.7 Å². The molecule has 0 bridgehead atoms. The van der Waals surface area contributed by atoms with Crippen LogP contribution in [-0.2, 0) is 4.79 Å². The molecule has 0 amide bonds. The second-order valence-corrected chi connectivity index (χ2v) is 4.08. The van der Waals surface area contributed by atoms with Crippen LogP contribution in [-0.4, -0.2) is 16.6 Å². The Morgan fingerprint density at radius 3 is 2.92 bits per heavy atom. The molecule has 1 aliphatic carbocycles. The van der Waals surface area contributed by atoms with E-state index in [4.69, 9.17) is 10.8 Å². The van der Waals surface area contributed by atoms with Gasteiger partial charge >= 0.3 is 5.97 Å². The SMILES string of the molecule is CCCCC1CCCC1(N)C(=O)O. The molecule has 3 nitrogen and oxygen atoms in total.